The largest absolute Gasteiger partial charge is 0.465 e. The summed E-state index contributed by atoms with van der Waals surface area (Å²) in [5.74, 6) is -1.33. The Morgan fingerprint density at radius 2 is 1.95 bits per heavy atom. The number of benzene rings is 1. The number of carbonyl (C=O) groups is 2. The summed E-state index contributed by atoms with van der Waals surface area (Å²) in [6, 6.07) is 5.33. The molecular weight excluding hydrogens is 296 g/mol. The smallest absolute Gasteiger partial charge is 0.339 e. The Balaban J connectivity index is 2.77. The molecule has 0 aromatic heterocycles. The van der Waals surface area contributed by atoms with Crippen LogP contribution in [0.3, 0.4) is 0 Å². The van der Waals surface area contributed by atoms with Gasteiger partial charge >= 0.3 is 5.97 Å². The van der Waals surface area contributed by atoms with Gasteiger partial charge in [-0.3, -0.25) is 4.79 Å². The minimum atomic E-state index is -3.19. The van der Waals surface area contributed by atoms with Gasteiger partial charge in [0.2, 0.25) is 5.91 Å². The molecule has 8 heteroatoms. The van der Waals surface area contributed by atoms with Crippen LogP contribution in [0, 0.1) is 0 Å². The zero-order valence-corrected chi connectivity index (χ0v) is 12.6. The van der Waals surface area contributed by atoms with Gasteiger partial charge in [0, 0.05) is 6.26 Å². The van der Waals surface area contributed by atoms with Crippen LogP contribution in [0.4, 0.5) is 5.69 Å². The van der Waals surface area contributed by atoms with Crippen LogP contribution in [-0.2, 0) is 19.4 Å². The highest BCUT2D eigenvalue weighted by Gasteiger charge is 2.19. The Labute approximate surface area is 123 Å². The van der Waals surface area contributed by atoms with Crippen LogP contribution in [0.1, 0.15) is 16.8 Å². The molecular formula is C13H18N2O5S. The Morgan fingerprint density at radius 3 is 2.52 bits per heavy atom. The maximum Gasteiger partial charge on any atom is 0.339 e. The van der Waals surface area contributed by atoms with Gasteiger partial charge < -0.3 is 15.8 Å². The Morgan fingerprint density at radius 1 is 1.33 bits per heavy atom. The lowest BCUT2D eigenvalue weighted by molar-refractivity contribution is -0.117. The summed E-state index contributed by atoms with van der Waals surface area (Å²) in [6.45, 7) is 0. The molecule has 1 aromatic carbocycles. The van der Waals surface area contributed by atoms with Gasteiger partial charge in [0.05, 0.1) is 30.2 Å². The predicted octanol–water partition coefficient (Wildman–Crippen LogP) is 0.174. The number of anilines is 1. The second-order valence-electron chi connectivity index (χ2n) is 4.55. The van der Waals surface area contributed by atoms with Crippen LogP contribution in [0.2, 0.25) is 0 Å². The lowest BCUT2D eigenvalue weighted by Gasteiger charge is -2.13. The average molecular weight is 314 g/mol. The van der Waals surface area contributed by atoms with Crippen LogP contribution in [-0.4, -0.2) is 45.5 Å². The van der Waals surface area contributed by atoms with Crippen LogP contribution in [0.15, 0.2) is 24.3 Å². The second kappa shape index (κ2) is 7.19. The van der Waals surface area contributed by atoms with Gasteiger partial charge in [-0.1, -0.05) is 12.1 Å². The van der Waals surface area contributed by atoms with Gasteiger partial charge in [0.15, 0.2) is 0 Å². The molecule has 1 amide bonds. The van der Waals surface area contributed by atoms with Crippen LogP contribution in [0.25, 0.3) is 0 Å². The number of methoxy groups -OCH3 is 1. The quantitative estimate of drug-likeness (QED) is 0.723. The maximum atomic E-state index is 11.9. The third-order valence-electron chi connectivity index (χ3n) is 2.73. The van der Waals surface area contributed by atoms with Crippen LogP contribution in [0.5, 0.6) is 0 Å². The van der Waals surface area contributed by atoms with Crippen molar-refractivity contribution in [3.8, 4) is 0 Å². The summed E-state index contributed by atoms with van der Waals surface area (Å²) in [5, 5.41) is 2.50. The Kier molecular flexibility index (Phi) is 5.86. The van der Waals surface area contributed by atoms with Gasteiger partial charge in [-0.15, -0.1) is 0 Å². The summed E-state index contributed by atoms with van der Waals surface area (Å²) in [5.41, 5.74) is 6.10. The monoisotopic (exact) mass is 314 g/mol. The molecule has 0 bridgehead atoms. The molecule has 1 unspecified atom stereocenters. The number of hydrogen-bond donors (Lipinski definition) is 2. The molecule has 0 aliphatic rings. The summed E-state index contributed by atoms with van der Waals surface area (Å²) >= 11 is 0. The van der Waals surface area contributed by atoms with Crippen LogP contribution < -0.4 is 11.1 Å². The number of nitrogens with one attached hydrogen (secondary N) is 1. The SMILES string of the molecule is COC(=O)c1ccccc1NC(=O)C(N)CCS(C)(=O)=O. The van der Waals surface area contributed by atoms with Crippen molar-refractivity contribution >= 4 is 27.4 Å². The summed E-state index contributed by atoms with van der Waals surface area (Å²) in [6.07, 6.45) is 1.08. The Hall–Kier alpha value is -1.93. The molecule has 0 heterocycles. The fourth-order valence-corrected chi connectivity index (χ4v) is 2.26. The van der Waals surface area contributed by atoms with Crippen molar-refractivity contribution in [2.45, 2.75) is 12.5 Å². The second-order valence-corrected chi connectivity index (χ2v) is 6.81. The van der Waals surface area contributed by atoms with E-state index in [4.69, 9.17) is 5.73 Å². The van der Waals surface area contributed by atoms with Crippen molar-refractivity contribution < 1.29 is 22.7 Å². The number of para-hydroxylation sites is 1. The standard InChI is InChI=1S/C13H18N2O5S/c1-20-13(17)9-5-3-4-6-11(9)15-12(16)10(14)7-8-21(2,18)19/h3-6,10H,7-8,14H2,1-2H3,(H,15,16). The number of amides is 1. The highest BCUT2D eigenvalue weighted by Crippen LogP contribution is 2.16. The van der Waals surface area contributed by atoms with Crippen molar-refractivity contribution in [2.24, 2.45) is 5.73 Å². The van der Waals surface area contributed by atoms with Gasteiger partial charge in [-0.2, -0.15) is 0 Å². The van der Waals surface area contributed by atoms with E-state index < -0.39 is 27.8 Å². The topological polar surface area (TPSA) is 116 Å². The van der Waals surface area contributed by atoms with Crippen molar-refractivity contribution in [3.05, 3.63) is 29.8 Å². The van der Waals surface area contributed by atoms with E-state index >= 15 is 0 Å². The number of rotatable bonds is 6. The number of hydrogen-bond acceptors (Lipinski definition) is 6. The fraction of sp³-hybridized carbons (Fsp3) is 0.385. The number of carbonyl (C=O) groups excluding carboxylic acids is 2. The van der Waals surface area contributed by atoms with Crippen molar-refractivity contribution in [1.82, 2.24) is 0 Å². The van der Waals surface area contributed by atoms with Crippen molar-refractivity contribution in [2.75, 3.05) is 24.4 Å². The molecule has 1 aromatic rings. The molecule has 1 rings (SSSR count). The zero-order chi connectivity index (χ0) is 16.0. The van der Waals surface area contributed by atoms with Gasteiger partial charge in [0.25, 0.3) is 0 Å². The minimum absolute atomic E-state index is 0.00502. The number of esters is 1. The van der Waals surface area contributed by atoms with Gasteiger partial charge in [-0.05, 0) is 18.6 Å². The average Bonchev–Trinajstić information content (AvgIpc) is 2.43. The fourth-order valence-electron chi connectivity index (χ4n) is 1.58. The summed E-state index contributed by atoms with van der Waals surface area (Å²) < 4.78 is 26.7. The molecule has 7 nitrogen and oxygen atoms in total. The van der Waals surface area contributed by atoms with E-state index in [0.29, 0.717) is 0 Å². The maximum absolute atomic E-state index is 11.9. The molecule has 1 atom stereocenters. The first-order valence-electron chi connectivity index (χ1n) is 6.16. The van der Waals surface area contributed by atoms with E-state index in [0.717, 1.165) is 6.26 Å². The summed E-state index contributed by atoms with van der Waals surface area (Å²) in [7, 11) is -1.95. The number of sulfone groups is 1. The highest BCUT2D eigenvalue weighted by atomic mass is 32.2. The Bertz CT molecular complexity index is 627. The molecule has 116 valence electrons. The van der Waals surface area contributed by atoms with E-state index in [1.807, 2.05) is 0 Å². The van der Waals surface area contributed by atoms with Gasteiger partial charge in [-0.25, -0.2) is 13.2 Å². The summed E-state index contributed by atoms with van der Waals surface area (Å²) in [4.78, 5) is 23.5. The molecule has 3 N–H and O–H groups in total. The number of nitrogens with two attached hydrogens (primary N) is 1. The first kappa shape index (κ1) is 17.1. The molecule has 0 aliphatic carbocycles. The molecule has 0 saturated heterocycles. The number of ether oxygens (including phenoxy) is 1. The van der Waals surface area contributed by atoms with E-state index in [-0.39, 0.29) is 23.4 Å². The van der Waals surface area contributed by atoms with E-state index in [1.54, 1.807) is 12.1 Å². The molecule has 0 saturated carbocycles. The van der Waals surface area contributed by atoms with E-state index in [9.17, 15) is 18.0 Å². The van der Waals surface area contributed by atoms with Gasteiger partial charge in [0.1, 0.15) is 9.84 Å². The first-order chi connectivity index (χ1) is 9.74. The predicted molar refractivity (Wildman–Crippen MR) is 78.7 cm³/mol. The zero-order valence-electron chi connectivity index (χ0n) is 11.8. The molecule has 0 fully saturated rings. The molecule has 0 aliphatic heterocycles. The third-order valence-corrected chi connectivity index (χ3v) is 3.70. The molecule has 0 spiro atoms. The van der Waals surface area contributed by atoms with E-state index in [2.05, 4.69) is 10.1 Å². The first-order valence-corrected chi connectivity index (χ1v) is 8.22. The molecule has 21 heavy (non-hydrogen) atoms. The lowest BCUT2D eigenvalue weighted by Crippen LogP contribution is -2.37. The highest BCUT2D eigenvalue weighted by molar-refractivity contribution is 7.90. The minimum Gasteiger partial charge on any atom is -0.465 e. The van der Waals surface area contributed by atoms with Crippen molar-refractivity contribution in [3.63, 3.8) is 0 Å². The molecule has 0 radical (unpaired) electrons. The van der Waals surface area contributed by atoms with Crippen LogP contribution >= 0.6 is 0 Å². The van der Waals surface area contributed by atoms with E-state index in [1.165, 1.54) is 19.2 Å². The lowest BCUT2D eigenvalue weighted by atomic mass is 10.1. The normalized spacial score (nSPS) is 12.5. The van der Waals surface area contributed by atoms with Crippen molar-refractivity contribution in [1.29, 1.82) is 0 Å². The third kappa shape index (κ3) is 5.52.